The molecule has 0 amide bonds. The van der Waals surface area contributed by atoms with Crippen LogP contribution < -0.4 is 4.74 Å². The summed E-state index contributed by atoms with van der Waals surface area (Å²) in [5.41, 5.74) is 0. The third-order valence-electron chi connectivity index (χ3n) is 1.75. The van der Waals surface area contributed by atoms with Gasteiger partial charge in [-0.05, 0) is 12.1 Å². The second kappa shape index (κ2) is 6.74. The number of rotatable bonds is 5. The van der Waals surface area contributed by atoms with E-state index in [0.717, 1.165) is 6.08 Å². The van der Waals surface area contributed by atoms with E-state index in [0.29, 0.717) is 10.8 Å². The first-order valence-electron chi connectivity index (χ1n) is 4.61. The molecule has 1 aromatic rings. The summed E-state index contributed by atoms with van der Waals surface area (Å²) in [6, 6.07) is 3.16. The Kier molecular flexibility index (Phi) is 5.62. The standard InChI is InChI=1S/C11H9Cl3O3/c1-2-9(15)17-6-5-16-8-4-3-7(12)10(13)11(8)14/h2-4H,1,5-6H2. The first kappa shape index (κ1) is 14.2. The van der Waals surface area contributed by atoms with Gasteiger partial charge in [0.2, 0.25) is 0 Å². The summed E-state index contributed by atoms with van der Waals surface area (Å²) in [7, 11) is 0. The van der Waals surface area contributed by atoms with Crippen LogP contribution in [0.25, 0.3) is 0 Å². The quantitative estimate of drug-likeness (QED) is 0.359. The smallest absolute Gasteiger partial charge is 0.330 e. The highest BCUT2D eigenvalue weighted by molar-refractivity contribution is 6.48. The van der Waals surface area contributed by atoms with Crippen LogP contribution >= 0.6 is 34.8 Å². The van der Waals surface area contributed by atoms with Crippen LogP contribution in [0.2, 0.25) is 15.1 Å². The van der Waals surface area contributed by atoms with Gasteiger partial charge in [0.1, 0.15) is 24.0 Å². The summed E-state index contributed by atoms with van der Waals surface area (Å²) in [5.74, 6) is -0.121. The molecule has 0 aliphatic carbocycles. The minimum absolute atomic E-state index is 0.0986. The number of ether oxygens (including phenoxy) is 2. The molecule has 0 atom stereocenters. The van der Waals surface area contributed by atoms with E-state index in [9.17, 15) is 4.79 Å². The van der Waals surface area contributed by atoms with E-state index >= 15 is 0 Å². The van der Waals surface area contributed by atoms with Crippen LogP contribution in [0.4, 0.5) is 0 Å². The van der Waals surface area contributed by atoms with Crippen LogP contribution in [0.5, 0.6) is 5.75 Å². The summed E-state index contributed by atoms with van der Waals surface area (Å²) < 4.78 is 10.0. The third kappa shape index (κ3) is 4.11. The number of hydrogen-bond acceptors (Lipinski definition) is 3. The molecule has 3 nitrogen and oxygen atoms in total. The third-order valence-corrected chi connectivity index (χ3v) is 3.03. The number of hydrogen-bond donors (Lipinski definition) is 0. The number of esters is 1. The van der Waals surface area contributed by atoms with Gasteiger partial charge in [-0.15, -0.1) is 0 Å². The lowest BCUT2D eigenvalue weighted by molar-refractivity contribution is -0.138. The van der Waals surface area contributed by atoms with Crippen LogP contribution in [0.15, 0.2) is 24.8 Å². The van der Waals surface area contributed by atoms with Gasteiger partial charge < -0.3 is 9.47 Å². The average molecular weight is 296 g/mol. The Morgan fingerprint density at radius 3 is 2.59 bits per heavy atom. The Bertz CT molecular complexity index is 432. The molecule has 0 fully saturated rings. The van der Waals surface area contributed by atoms with E-state index in [2.05, 4.69) is 6.58 Å². The molecule has 1 rings (SSSR count). The predicted molar refractivity (Wildman–Crippen MR) is 68.1 cm³/mol. The van der Waals surface area contributed by atoms with E-state index in [1.165, 1.54) is 0 Å². The van der Waals surface area contributed by atoms with E-state index in [-0.39, 0.29) is 23.3 Å². The Balaban J connectivity index is 2.50. The Hall–Kier alpha value is -0.900. The fraction of sp³-hybridized carbons (Fsp3) is 0.182. The van der Waals surface area contributed by atoms with Gasteiger partial charge in [-0.2, -0.15) is 0 Å². The molecule has 0 saturated heterocycles. The maximum absolute atomic E-state index is 10.7. The summed E-state index contributed by atoms with van der Waals surface area (Å²) in [6.45, 7) is 3.53. The van der Waals surface area contributed by atoms with Gasteiger partial charge in [0.15, 0.2) is 0 Å². The monoisotopic (exact) mass is 294 g/mol. The van der Waals surface area contributed by atoms with Crippen molar-refractivity contribution in [3.8, 4) is 5.75 Å². The fourth-order valence-corrected chi connectivity index (χ4v) is 1.55. The lowest BCUT2D eigenvalue weighted by atomic mass is 10.3. The zero-order valence-corrected chi connectivity index (χ0v) is 11.0. The second-order valence-corrected chi connectivity index (χ2v) is 4.06. The van der Waals surface area contributed by atoms with Crippen molar-refractivity contribution in [3.63, 3.8) is 0 Å². The van der Waals surface area contributed by atoms with E-state index < -0.39 is 5.97 Å². The molecule has 17 heavy (non-hydrogen) atoms. The van der Waals surface area contributed by atoms with Crippen LogP contribution in [-0.2, 0) is 9.53 Å². The van der Waals surface area contributed by atoms with Crippen LogP contribution in [-0.4, -0.2) is 19.2 Å². The molecule has 0 aromatic heterocycles. The van der Waals surface area contributed by atoms with Crippen LogP contribution in [0.3, 0.4) is 0 Å². The summed E-state index contributed by atoms with van der Waals surface area (Å²) in [6.07, 6.45) is 1.08. The molecule has 0 N–H and O–H groups in total. The van der Waals surface area contributed by atoms with Crippen molar-refractivity contribution in [2.24, 2.45) is 0 Å². The molecule has 0 spiro atoms. The molecule has 0 aliphatic heterocycles. The number of carbonyl (C=O) groups is 1. The highest BCUT2D eigenvalue weighted by Gasteiger charge is 2.09. The topological polar surface area (TPSA) is 35.5 Å². The molecule has 0 unspecified atom stereocenters. The minimum Gasteiger partial charge on any atom is -0.488 e. The molecular weight excluding hydrogens is 286 g/mol. The van der Waals surface area contributed by atoms with Gasteiger partial charge >= 0.3 is 5.97 Å². The van der Waals surface area contributed by atoms with Crippen molar-refractivity contribution in [2.75, 3.05) is 13.2 Å². The lowest BCUT2D eigenvalue weighted by Gasteiger charge is -2.09. The summed E-state index contributed by atoms with van der Waals surface area (Å²) in [5, 5.41) is 0.810. The normalized spacial score (nSPS) is 9.82. The van der Waals surface area contributed by atoms with Crippen molar-refractivity contribution in [1.29, 1.82) is 0 Å². The Labute approximate surface area is 114 Å². The largest absolute Gasteiger partial charge is 0.488 e. The number of carbonyl (C=O) groups excluding carboxylic acids is 1. The highest BCUT2D eigenvalue weighted by Crippen LogP contribution is 2.36. The Morgan fingerprint density at radius 1 is 1.24 bits per heavy atom. The zero-order chi connectivity index (χ0) is 12.8. The van der Waals surface area contributed by atoms with Gasteiger partial charge in [0.05, 0.1) is 10.0 Å². The molecule has 0 aliphatic rings. The Morgan fingerprint density at radius 2 is 1.94 bits per heavy atom. The van der Waals surface area contributed by atoms with Crippen LogP contribution in [0, 0.1) is 0 Å². The maximum atomic E-state index is 10.7. The molecular formula is C11H9Cl3O3. The van der Waals surface area contributed by atoms with Crippen molar-refractivity contribution >= 4 is 40.8 Å². The van der Waals surface area contributed by atoms with Gasteiger partial charge in [-0.25, -0.2) is 4.79 Å². The SMILES string of the molecule is C=CC(=O)OCCOc1ccc(Cl)c(Cl)c1Cl. The van der Waals surface area contributed by atoms with Gasteiger partial charge in [0, 0.05) is 6.08 Å². The predicted octanol–water partition coefficient (Wildman–Crippen LogP) is 3.75. The maximum Gasteiger partial charge on any atom is 0.330 e. The number of benzene rings is 1. The average Bonchev–Trinajstić information content (AvgIpc) is 2.33. The molecule has 0 heterocycles. The first-order chi connectivity index (χ1) is 8.06. The van der Waals surface area contributed by atoms with E-state index in [4.69, 9.17) is 44.3 Å². The van der Waals surface area contributed by atoms with Crippen LogP contribution in [0.1, 0.15) is 0 Å². The van der Waals surface area contributed by atoms with Gasteiger partial charge in [-0.1, -0.05) is 41.4 Å². The molecule has 6 heteroatoms. The van der Waals surface area contributed by atoms with Gasteiger partial charge in [-0.3, -0.25) is 0 Å². The fourth-order valence-electron chi connectivity index (χ4n) is 0.972. The second-order valence-electron chi connectivity index (χ2n) is 2.89. The first-order valence-corrected chi connectivity index (χ1v) is 5.75. The van der Waals surface area contributed by atoms with Crippen molar-refractivity contribution in [1.82, 2.24) is 0 Å². The minimum atomic E-state index is -0.506. The summed E-state index contributed by atoms with van der Waals surface area (Å²) in [4.78, 5) is 10.7. The van der Waals surface area contributed by atoms with Gasteiger partial charge in [0.25, 0.3) is 0 Å². The molecule has 0 radical (unpaired) electrons. The summed E-state index contributed by atoms with van der Waals surface area (Å²) >= 11 is 17.5. The number of halogens is 3. The lowest BCUT2D eigenvalue weighted by Crippen LogP contribution is -2.10. The van der Waals surface area contributed by atoms with E-state index in [1.54, 1.807) is 12.1 Å². The highest BCUT2D eigenvalue weighted by atomic mass is 35.5. The van der Waals surface area contributed by atoms with Crippen molar-refractivity contribution < 1.29 is 14.3 Å². The molecule has 1 aromatic carbocycles. The molecule has 92 valence electrons. The molecule has 0 saturated carbocycles. The van der Waals surface area contributed by atoms with Crippen molar-refractivity contribution in [2.45, 2.75) is 0 Å². The molecule has 0 bridgehead atoms. The van der Waals surface area contributed by atoms with E-state index in [1.807, 2.05) is 0 Å². The van der Waals surface area contributed by atoms with Crippen molar-refractivity contribution in [3.05, 3.63) is 39.9 Å². The zero-order valence-electron chi connectivity index (χ0n) is 8.71.